The van der Waals surface area contributed by atoms with E-state index in [0.29, 0.717) is 0 Å². The van der Waals surface area contributed by atoms with Crippen LogP contribution in [-0.2, 0) is 0 Å². The molecule has 4 aromatic heterocycles. The summed E-state index contributed by atoms with van der Waals surface area (Å²) in [7, 11) is 0. The smallest absolute Gasteiger partial charge is 0.0783 e. The van der Waals surface area contributed by atoms with Gasteiger partial charge in [-0.2, -0.15) is 0 Å². The molecular weight excluding hydrogens is 456 g/mol. The van der Waals surface area contributed by atoms with Crippen molar-refractivity contribution in [2.45, 2.75) is 0 Å². The lowest BCUT2D eigenvalue weighted by Gasteiger charge is -2.11. The Bertz CT molecular complexity index is 2300. The lowest BCUT2D eigenvalue weighted by molar-refractivity contribution is 1.26. The summed E-state index contributed by atoms with van der Waals surface area (Å²) in [6.07, 6.45) is 0. The molecule has 0 bridgehead atoms. The van der Waals surface area contributed by atoms with Gasteiger partial charge in [0.15, 0.2) is 0 Å². The number of hydrogen-bond donors (Lipinski definition) is 0. The highest BCUT2D eigenvalue weighted by atomic mass is 35.5. The molecule has 0 aliphatic carbocycles. The minimum absolute atomic E-state index is 0.786. The van der Waals surface area contributed by atoms with Crippen molar-refractivity contribution in [2.75, 3.05) is 0 Å². The van der Waals surface area contributed by atoms with Gasteiger partial charge >= 0.3 is 0 Å². The molecule has 0 N–H and O–H groups in total. The highest BCUT2D eigenvalue weighted by Crippen LogP contribution is 2.45. The molecule has 4 heterocycles. The second-order valence-electron chi connectivity index (χ2n) is 9.12. The fourth-order valence-corrected chi connectivity index (χ4v) is 7.70. The minimum atomic E-state index is 0.786. The third kappa shape index (κ3) is 1.89. The average molecular weight is 471 g/mol. The number of para-hydroxylation sites is 3. The van der Waals surface area contributed by atoms with Gasteiger partial charge in [0.1, 0.15) is 0 Å². The van der Waals surface area contributed by atoms with Crippen LogP contribution in [0.3, 0.4) is 0 Å². The maximum atomic E-state index is 6.36. The summed E-state index contributed by atoms with van der Waals surface area (Å²) in [5, 5.41) is 8.55. The van der Waals surface area contributed by atoms with Gasteiger partial charge in [-0.15, -0.1) is 11.3 Å². The van der Waals surface area contributed by atoms with E-state index in [2.05, 4.69) is 93.7 Å². The predicted octanol–water partition coefficient (Wildman–Crippen LogP) is 9.26. The first-order chi connectivity index (χ1) is 16.8. The van der Waals surface area contributed by atoms with Gasteiger partial charge in [-0.3, -0.25) is 0 Å². The van der Waals surface area contributed by atoms with E-state index in [1.54, 1.807) is 0 Å². The molecule has 4 heteroatoms. The lowest BCUT2D eigenvalue weighted by Crippen LogP contribution is -1.96. The summed E-state index contributed by atoms with van der Waals surface area (Å²) in [5.41, 5.74) is 7.60. The Kier molecular flexibility index (Phi) is 3.02. The first kappa shape index (κ1) is 17.7. The van der Waals surface area contributed by atoms with E-state index in [0.717, 1.165) is 5.02 Å². The van der Waals surface area contributed by atoms with Crippen LogP contribution < -0.4 is 0 Å². The van der Waals surface area contributed by atoms with Crippen LogP contribution in [0, 0.1) is 0 Å². The van der Waals surface area contributed by atoms with Crippen LogP contribution in [0.25, 0.3) is 74.8 Å². The van der Waals surface area contributed by atoms with E-state index in [1.807, 2.05) is 17.4 Å². The molecule has 0 aliphatic heterocycles. The lowest BCUT2D eigenvalue weighted by atomic mass is 10.1. The zero-order chi connectivity index (χ0) is 22.1. The summed E-state index contributed by atoms with van der Waals surface area (Å²) in [6.45, 7) is 0. The third-order valence-electron chi connectivity index (χ3n) is 7.48. The number of thiophene rings is 1. The number of aromatic nitrogens is 2. The first-order valence-electron chi connectivity index (χ1n) is 11.4. The molecule has 0 spiro atoms. The van der Waals surface area contributed by atoms with E-state index in [-0.39, 0.29) is 0 Å². The molecule has 0 saturated heterocycles. The quantitative estimate of drug-likeness (QED) is 0.195. The number of fused-ring (bicyclic) bond motifs is 12. The maximum Gasteiger partial charge on any atom is 0.0783 e. The molecule has 0 aliphatic rings. The van der Waals surface area contributed by atoms with Crippen LogP contribution in [0.5, 0.6) is 0 Å². The van der Waals surface area contributed by atoms with Crippen LogP contribution >= 0.6 is 22.9 Å². The van der Waals surface area contributed by atoms with Gasteiger partial charge in [0, 0.05) is 42.0 Å². The summed E-state index contributed by atoms with van der Waals surface area (Å²) in [5.74, 6) is 0. The Labute approximate surface area is 202 Å². The van der Waals surface area contributed by atoms with Crippen LogP contribution in [-0.4, -0.2) is 8.80 Å². The Morgan fingerprint density at radius 1 is 0.500 bits per heavy atom. The van der Waals surface area contributed by atoms with E-state index in [4.69, 9.17) is 11.6 Å². The Hall–Kier alpha value is -3.79. The van der Waals surface area contributed by atoms with Crippen molar-refractivity contribution in [1.29, 1.82) is 0 Å². The molecule has 9 aromatic rings. The van der Waals surface area contributed by atoms with Crippen LogP contribution in [0.1, 0.15) is 0 Å². The van der Waals surface area contributed by atoms with Crippen LogP contribution in [0.15, 0.2) is 91.0 Å². The summed E-state index contributed by atoms with van der Waals surface area (Å²) in [4.78, 5) is 0. The van der Waals surface area contributed by atoms with Gasteiger partial charge in [-0.1, -0.05) is 72.3 Å². The van der Waals surface area contributed by atoms with Crippen molar-refractivity contribution in [2.24, 2.45) is 0 Å². The zero-order valence-corrected chi connectivity index (χ0v) is 19.4. The Morgan fingerprint density at radius 2 is 1.12 bits per heavy atom. The number of nitrogens with zero attached hydrogens (tertiary/aromatic N) is 2. The number of rotatable bonds is 0. The normalized spacial score (nSPS) is 12.9. The Morgan fingerprint density at radius 3 is 2.00 bits per heavy atom. The number of hydrogen-bond acceptors (Lipinski definition) is 1. The predicted molar refractivity (Wildman–Crippen MR) is 147 cm³/mol. The van der Waals surface area contributed by atoms with Crippen molar-refractivity contribution in [1.82, 2.24) is 8.80 Å². The fourth-order valence-electron chi connectivity index (χ4n) is 6.19. The topological polar surface area (TPSA) is 8.82 Å². The second-order valence-corrected chi connectivity index (χ2v) is 10.6. The van der Waals surface area contributed by atoms with Crippen molar-refractivity contribution >= 4 is 97.8 Å². The molecule has 0 fully saturated rings. The molecule has 2 nitrogen and oxygen atoms in total. The van der Waals surface area contributed by atoms with Crippen molar-refractivity contribution < 1.29 is 0 Å². The van der Waals surface area contributed by atoms with Gasteiger partial charge in [0.05, 0.1) is 37.8 Å². The molecular formula is C30H15ClN2S. The van der Waals surface area contributed by atoms with Crippen LogP contribution in [0.4, 0.5) is 0 Å². The zero-order valence-electron chi connectivity index (χ0n) is 17.8. The fraction of sp³-hybridized carbons (Fsp3) is 0. The molecule has 0 atom stereocenters. The van der Waals surface area contributed by atoms with Crippen LogP contribution in [0.2, 0.25) is 5.02 Å². The van der Waals surface area contributed by atoms with E-state index >= 15 is 0 Å². The molecule has 158 valence electrons. The summed E-state index contributed by atoms with van der Waals surface area (Å²) < 4.78 is 7.53. The van der Waals surface area contributed by atoms with Gasteiger partial charge in [0.2, 0.25) is 0 Å². The summed E-state index contributed by atoms with van der Waals surface area (Å²) >= 11 is 8.21. The summed E-state index contributed by atoms with van der Waals surface area (Å²) in [6, 6.07) is 33.1. The third-order valence-corrected chi connectivity index (χ3v) is 8.89. The van der Waals surface area contributed by atoms with Gasteiger partial charge < -0.3 is 8.80 Å². The molecule has 0 radical (unpaired) electrons. The molecule has 0 saturated carbocycles. The largest absolute Gasteiger partial charge is 0.305 e. The highest BCUT2D eigenvalue weighted by molar-refractivity contribution is 7.26. The average Bonchev–Trinajstić information content (AvgIpc) is 3.51. The second kappa shape index (κ2) is 5.82. The van der Waals surface area contributed by atoms with Gasteiger partial charge in [-0.05, 0) is 30.3 Å². The van der Waals surface area contributed by atoms with Crippen molar-refractivity contribution in [3.63, 3.8) is 0 Å². The molecule has 0 amide bonds. The van der Waals surface area contributed by atoms with Gasteiger partial charge in [-0.25, -0.2) is 0 Å². The molecule has 34 heavy (non-hydrogen) atoms. The SMILES string of the molecule is Clc1ccc2c(c1)sc1c2ccc2c3cccc4c3n(c3cccc5c6ccccc6n4c53)c21. The molecule has 0 unspecified atom stereocenters. The monoisotopic (exact) mass is 470 g/mol. The van der Waals surface area contributed by atoms with Gasteiger partial charge in [0.25, 0.3) is 0 Å². The maximum absolute atomic E-state index is 6.36. The Balaban J connectivity index is 1.68. The van der Waals surface area contributed by atoms with E-state index < -0.39 is 0 Å². The van der Waals surface area contributed by atoms with Crippen molar-refractivity contribution in [3.05, 3.63) is 96.0 Å². The standard InChI is InChI=1S/C30H15ClN2S/c31-16-11-12-18-22-14-13-21-20-7-4-9-24-28(20)33(29(21)30(22)34-26(18)15-16)25-10-3-6-19-17-5-1-2-8-23(17)32(24)27(19)25/h1-15H. The minimum Gasteiger partial charge on any atom is -0.305 e. The van der Waals surface area contributed by atoms with Crippen molar-refractivity contribution in [3.8, 4) is 0 Å². The van der Waals surface area contributed by atoms with E-state index in [1.165, 1.54) is 74.8 Å². The number of halogens is 1. The first-order valence-corrected chi connectivity index (χ1v) is 12.6. The number of benzene rings is 5. The molecule has 9 rings (SSSR count). The van der Waals surface area contributed by atoms with E-state index in [9.17, 15) is 0 Å². The highest BCUT2D eigenvalue weighted by Gasteiger charge is 2.22. The molecule has 5 aromatic carbocycles.